The molecule has 3 heterocycles. The third-order valence-corrected chi connectivity index (χ3v) is 6.24. The highest BCUT2D eigenvalue weighted by Gasteiger charge is 2.36. The molecule has 8 nitrogen and oxygen atoms in total. The molecule has 30 heavy (non-hydrogen) atoms. The number of urea groups is 1. The zero-order valence-electron chi connectivity index (χ0n) is 19.0. The molecule has 2 saturated heterocycles. The molecule has 3 rings (SSSR count). The van der Waals surface area contributed by atoms with Crippen molar-refractivity contribution in [2.75, 3.05) is 39.3 Å². The number of piperazine rings is 1. The van der Waals surface area contributed by atoms with E-state index in [1.165, 1.54) is 0 Å². The topological polar surface area (TPSA) is 87.9 Å². The van der Waals surface area contributed by atoms with Gasteiger partial charge in [0.15, 0.2) is 0 Å². The van der Waals surface area contributed by atoms with Crippen LogP contribution in [0.2, 0.25) is 0 Å². The standard InChI is InChI=1S/C22H36N4O4/c1-15-18(16(2)30-24-15)13-19(27)25-8-10-26(11-9-25)21(28)23-14-17-7-6-12-29-20(17)22(3,4)5/h17,20H,6-14H2,1-5H3,(H,23,28). The van der Waals surface area contributed by atoms with Gasteiger partial charge in [-0.25, -0.2) is 4.79 Å². The second-order valence-corrected chi connectivity index (χ2v) is 9.59. The van der Waals surface area contributed by atoms with Crippen LogP contribution in [0.3, 0.4) is 0 Å². The summed E-state index contributed by atoms with van der Waals surface area (Å²) in [5, 5.41) is 7.02. The normalized spacial score (nSPS) is 22.8. The fourth-order valence-corrected chi connectivity index (χ4v) is 4.52. The van der Waals surface area contributed by atoms with Gasteiger partial charge >= 0.3 is 6.03 Å². The van der Waals surface area contributed by atoms with Crippen LogP contribution in [0.5, 0.6) is 0 Å². The first-order valence-corrected chi connectivity index (χ1v) is 11.0. The summed E-state index contributed by atoms with van der Waals surface area (Å²) in [5.41, 5.74) is 1.69. The third-order valence-electron chi connectivity index (χ3n) is 6.24. The lowest BCUT2D eigenvalue weighted by Gasteiger charge is -2.41. The van der Waals surface area contributed by atoms with Crippen LogP contribution in [0.1, 0.15) is 50.6 Å². The van der Waals surface area contributed by atoms with E-state index in [2.05, 4.69) is 31.2 Å². The Balaban J connectivity index is 1.45. The van der Waals surface area contributed by atoms with Crippen molar-refractivity contribution < 1.29 is 18.8 Å². The monoisotopic (exact) mass is 420 g/mol. The van der Waals surface area contributed by atoms with E-state index in [1.807, 2.05) is 18.7 Å². The molecule has 0 aromatic carbocycles. The van der Waals surface area contributed by atoms with Gasteiger partial charge in [0.2, 0.25) is 5.91 Å². The number of hydrogen-bond acceptors (Lipinski definition) is 5. The molecule has 0 saturated carbocycles. The second-order valence-electron chi connectivity index (χ2n) is 9.59. The highest BCUT2D eigenvalue weighted by Crippen LogP contribution is 2.33. The number of aromatic nitrogens is 1. The molecule has 1 aromatic rings. The molecule has 168 valence electrons. The molecule has 2 aliphatic heterocycles. The fourth-order valence-electron chi connectivity index (χ4n) is 4.52. The number of nitrogens with zero attached hydrogens (tertiary/aromatic N) is 3. The van der Waals surface area contributed by atoms with Gasteiger partial charge in [0.25, 0.3) is 0 Å². The Morgan fingerprint density at radius 2 is 1.80 bits per heavy atom. The fraction of sp³-hybridized carbons (Fsp3) is 0.773. The summed E-state index contributed by atoms with van der Waals surface area (Å²) >= 11 is 0. The Morgan fingerprint density at radius 1 is 1.13 bits per heavy atom. The lowest BCUT2D eigenvalue weighted by Crippen LogP contribution is -2.54. The van der Waals surface area contributed by atoms with Crippen molar-refractivity contribution in [2.24, 2.45) is 11.3 Å². The Hall–Kier alpha value is -2.09. The smallest absolute Gasteiger partial charge is 0.317 e. The van der Waals surface area contributed by atoms with Crippen LogP contribution in [-0.2, 0) is 16.0 Å². The minimum atomic E-state index is -0.0499. The van der Waals surface area contributed by atoms with Crippen LogP contribution in [-0.4, -0.2) is 72.3 Å². The Morgan fingerprint density at radius 3 is 2.40 bits per heavy atom. The average Bonchev–Trinajstić information content (AvgIpc) is 3.03. The van der Waals surface area contributed by atoms with Gasteiger partial charge in [-0.05, 0) is 32.1 Å². The van der Waals surface area contributed by atoms with Crippen molar-refractivity contribution in [1.29, 1.82) is 0 Å². The van der Waals surface area contributed by atoms with Crippen molar-refractivity contribution in [3.63, 3.8) is 0 Å². The minimum absolute atomic E-state index is 0.0499. The molecular formula is C22H36N4O4. The summed E-state index contributed by atoms with van der Waals surface area (Å²) in [6.45, 7) is 13.9. The maximum absolute atomic E-state index is 12.7. The number of carbonyl (C=O) groups excluding carboxylic acids is 2. The number of rotatable bonds is 4. The molecule has 2 aliphatic rings. The zero-order chi connectivity index (χ0) is 21.9. The number of ether oxygens (including phenoxy) is 1. The maximum Gasteiger partial charge on any atom is 0.317 e. The zero-order valence-corrected chi connectivity index (χ0v) is 19.0. The molecule has 2 unspecified atom stereocenters. The van der Waals surface area contributed by atoms with Crippen LogP contribution in [0.25, 0.3) is 0 Å². The minimum Gasteiger partial charge on any atom is -0.377 e. The van der Waals surface area contributed by atoms with Crippen molar-refractivity contribution in [3.8, 4) is 0 Å². The van der Waals surface area contributed by atoms with Crippen LogP contribution in [0.15, 0.2) is 4.52 Å². The number of nitrogens with one attached hydrogen (secondary N) is 1. The van der Waals surface area contributed by atoms with E-state index in [0.29, 0.717) is 50.8 Å². The summed E-state index contributed by atoms with van der Waals surface area (Å²) in [6.07, 6.45) is 2.57. The molecule has 0 spiro atoms. The lowest BCUT2D eigenvalue weighted by atomic mass is 9.78. The molecule has 2 atom stereocenters. The first-order chi connectivity index (χ1) is 14.2. The van der Waals surface area contributed by atoms with E-state index < -0.39 is 0 Å². The van der Waals surface area contributed by atoms with Crippen molar-refractivity contribution in [3.05, 3.63) is 17.0 Å². The van der Waals surface area contributed by atoms with Gasteiger partial charge < -0.3 is 24.4 Å². The van der Waals surface area contributed by atoms with Crippen molar-refractivity contribution in [1.82, 2.24) is 20.3 Å². The molecule has 0 bridgehead atoms. The van der Waals surface area contributed by atoms with Gasteiger partial charge in [-0.2, -0.15) is 0 Å². The molecule has 0 aliphatic carbocycles. The van der Waals surface area contributed by atoms with Crippen LogP contribution in [0, 0.1) is 25.2 Å². The van der Waals surface area contributed by atoms with Gasteiger partial charge in [-0.1, -0.05) is 25.9 Å². The van der Waals surface area contributed by atoms with Gasteiger partial charge in [0.1, 0.15) is 5.76 Å². The number of hydrogen-bond donors (Lipinski definition) is 1. The Bertz CT molecular complexity index is 727. The summed E-state index contributed by atoms with van der Waals surface area (Å²) in [7, 11) is 0. The maximum atomic E-state index is 12.7. The summed E-state index contributed by atoms with van der Waals surface area (Å²) < 4.78 is 11.2. The summed E-state index contributed by atoms with van der Waals surface area (Å²) in [4.78, 5) is 28.9. The van der Waals surface area contributed by atoms with Gasteiger partial charge in [-0.3, -0.25) is 4.79 Å². The molecule has 1 N–H and O–H groups in total. The van der Waals surface area contributed by atoms with Gasteiger partial charge in [0.05, 0.1) is 18.2 Å². The van der Waals surface area contributed by atoms with E-state index >= 15 is 0 Å². The van der Waals surface area contributed by atoms with E-state index in [4.69, 9.17) is 9.26 Å². The molecule has 0 radical (unpaired) electrons. The molecule has 2 fully saturated rings. The predicted octanol–water partition coefficient (Wildman–Crippen LogP) is 2.53. The summed E-state index contributed by atoms with van der Waals surface area (Å²) in [6, 6.07) is -0.0499. The first kappa shape index (κ1) is 22.6. The third kappa shape index (κ3) is 5.33. The van der Waals surface area contributed by atoms with Gasteiger partial charge in [-0.15, -0.1) is 0 Å². The number of carbonyl (C=O) groups is 2. The van der Waals surface area contributed by atoms with Crippen LogP contribution >= 0.6 is 0 Å². The van der Waals surface area contributed by atoms with Crippen LogP contribution < -0.4 is 5.32 Å². The van der Waals surface area contributed by atoms with E-state index in [1.54, 1.807) is 4.90 Å². The highest BCUT2D eigenvalue weighted by molar-refractivity contribution is 5.80. The van der Waals surface area contributed by atoms with Crippen molar-refractivity contribution >= 4 is 11.9 Å². The van der Waals surface area contributed by atoms with Crippen LogP contribution in [0.4, 0.5) is 4.79 Å². The average molecular weight is 421 g/mol. The number of amides is 3. The predicted molar refractivity (Wildman–Crippen MR) is 113 cm³/mol. The first-order valence-electron chi connectivity index (χ1n) is 11.0. The Labute approximate surface area is 179 Å². The molecule has 8 heteroatoms. The van der Waals surface area contributed by atoms with E-state index in [9.17, 15) is 9.59 Å². The summed E-state index contributed by atoms with van der Waals surface area (Å²) in [5.74, 6) is 1.08. The molecular weight excluding hydrogens is 384 g/mol. The second kappa shape index (κ2) is 9.37. The van der Waals surface area contributed by atoms with Crippen molar-refractivity contribution in [2.45, 2.75) is 60.0 Å². The largest absolute Gasteiger partial charge is 0.377 e. The Kier molecular flexibility index (Phi) is 7.06. The quantitative estimate of drug-likeness (QED) is 0.809. The number of aryl methyl sites for hydroxylation is 2. The molecule has 1 aromatic heterocycles. The highest BCUT2D eigenvalue weighted by atomic mass is 16.5. The van der Waals surface area contributed by atoms with E-state index in [-0.39, 0.29) is 23.5 Å². The SMILES string of the molecule is Cc1noc(C)c1CC(=O)N1CCN(C(=O)NCC2CCCOC2C(C)(C)C)CC1. The molecule has 3 amide bonds. The van der Waals surface area contributed by atoms with E-state index in [0.717, 1.165) is 30.7 Å². The lowest BCUT2D eigenvalue weighted by molar-refractivity contribution is -0.131. The van der Waals surface area contributed by atoms with Gasteiger partial charge in [0, 0.05) is 50.8 Å².